The highest BCUT2D eigenvalue weighted by Gasteiger charge is 2.19. The SMILES string of the molecule is O=C(O)c1sc2ccccc2c1Cn1cnc([N+](=O)[O-])c1. The molecule has 7 nitrogen and oxygen atoms in total. The van der Waals surface area contributed by atoms with Crippen molar-refractivity contribution < 1.29 is 14.8 Å². The van der Waals surface area contributed by atoms with Crippen molar-refractivity contribution in [3.63, 3.8) is 0 Å². The van der Waals surface area contributed by atoms with E-state index >= 15 is 0 Å². The largest absolute Gasteiger partial charge is 0.477 e. The molecule has 0 saturated carbocycles. The molecular formula is C13H9N3O4S. The van der Waals surface area contributed by atoms with Gasteiger partial charge in [0.15, 0.2) is 0 Å². The van der Waals surface area contributed by atoms with Gasteiger partial charge in [0.25, 0.3) is 0 Å². The number of carboxylic acids is 1. The number of nitro groups is 1. The molecule has 0 aliphatic rings. The van der Waals surface area contributed by atoms with Crippen LogP contribution in [0.15, 0.2) is 36.8 Å². The highest BCUT2D eigenvalue weighted by molar-refractivity contribution is 7.21. The Bertz CT molecular complexity index is 852. The number of hydrogen-bond acceptors (Lipinski definition) is 5. The summed E-state index contributed by atoms with van der Waals surface area (Å²) >= 11 is 1.20. The van der Waals surface area contributed by atoms with Gasteiger partial charge in [0, 0.05) is 10.3 Å². The summed E-state index contributed by atoms with van der Waals surface area (Å²) in [5.74, 6) is -1.26. The fraction of sp³-hybridized carbons (Fsp3) is 0.0769. The number of aromatic nitrogens is 2. The predicted molar refractivity (Wildman–Crippen MR) is 76.8 cm³/mol. The standard InChI is InChI=1S/C13H9N3O4S/c17-13(18)12-9(8-3-1-2-4-10(8)21-12)5-15-6-11(14-7-15)16(19)20/h1-4,6-7H,5H2,(H,17,18). The lowest BCUT2D eigenvalue weighted by atomic mass is 10.1. The fourth-order valence-electron chi connectivity index (χ4n) is 2.14. The summed E-state index contributed by atoms with van der Waals surface area (Å²) in [6.45, 7) is 0.229. The van der Waals surface area contributed by atoms with Crippen LogP contribution < -0.4 is 0 Å². The first-order valence-corrected chi connectivity index (χ1v) is 6.78. The molecule has 0 spiro atoms. The van der Waals surface area contributed by atoms with Crippen LogP contribution in [0.3, 0.4) is 0 Å². The monoisotopic (exact) mass is 303 g/mol. The van der Waals surface area contributed by atoms with Crippen molar-refractivity contribution in [2.24, 2.45) is 0 Å². The van der Waals surface area contributed by atoms with Crippen molar-refractivity contribution in [3.05, 3.63) is 57.3 Å². The quantitative estimate of drug-likeness (QED) is 0.590. The van der Waals surface area contributed by atoms with E-state index in [1.165, 1.54) is 28.4 Å². The summed E-state index contributed by atoms with van der Waals surface area (Å²) in [7, 11) is 0. The number of imidazole rings is 1. The van der Waals surface area contributed by atoms with Gasteiger partial charge in [0.05, 0.1) is 6.54 Å². The lowest BCUT2D eigenvalue weighted by Crippen LogP contribution is -2.03. The Balaban J connectivity index is 2.07. The Morgan fingerprint density at radius 3 is 2.86 bits per heavy atom. The van der Waals surface area contributed by atoms with Gasteiger partial charge in [-0.05, 0) is 21.4 Å². The van der Waals surface area contributed by atoms with Crippen LogP contribution in [0, 0.1) is 10.1 Å². The maximum atomic E-state index is 11.4. The zero-order valence-electron chi connectivity index (χ0n) is 10.6. The topological polar surface area (TPSA) is 98.3 Å². The number of benzene rings is 1. The summed E-state index contributed by atoms with van der Waals surface area (Å²) < 4.78 is 2.39. The van der Waals surface area contributed by atoms with Crippen LogP contribution in [0.25, 0.3) is 10.1 Å². The number of hydrogen-bond donors (Lipinski definition) is 1. The van der Waals surface area contributed by atoms with Gasteiger partial charge < -0.3 is 19.8 Å². The molecule has 0 aliphatic carbocycles. The van der Waals surface area contributed by atoms with Crippen LogP contribution in [0.5, 0.6) is 0 Å². The summed E-state index contributed by atoms with van der Waals surface area (Å²) in [4.78, 5) is 25.3. The van der Waals surface area contributed by atoms with Crippen LogP contribution >= 0.6 is 11.3 Å². The average Bonchev–Trinajstić information content (AvgIpc) is 3.05. The lowest BCUT2D eigenvalue weighted by molar-refractivity contribution is -0.389. The first-order valence-electron chi connectivity index (χ1n) is 5.96. The molecule has 0 unspecified atom stereocenters. The van der Waals surface area contributed by atoms with Crippen molar-refractivity contribution >= 4 is 33.2 Å². The number of nitrogens with zero attached hydrogens (tertiary/aromatic N) is 3. The summed E-state index contributed by atoms with van der Waals surface area (Å²) in [5.41, 5.74) is 0.635. The second-order valence-electron chi connectivity index (χ2n) is 4.37. The van der Waals surface area contributed by atoms with E-state index < -0.39 is 10.9 Å². The molecule has 8 heteroatoms. The van der Waals surface area contributed by atoms with Gasteiger partial charge in [-0.1, -0.05) is 18.2 Å². The Hall–Kier alpha value is -2.74. The number of rotatable bonds is 4. The molecule has 0 fully saturated rings. The number of carbonyl (C=O) groups is 1. The molecule has 1 aromatic carbocycles. The van der Waals surface area contributed by atoms with E-state index in [0.717, 1.165) is 10.1 Å². The van der Waals surface area contributed by atoms with E-state index in [4.69, 9.17) is 0 Å². The van der Waals surface area contributed by atoms with Gasteiger partial charge in [-0.2, -0.15) is 0 Å². The molecule has 106 valence electrons. The minimum Gasteiger partial charge on any atom is -0.477 e. The third kappa shape index (κ3) is 2.36. The highest BCUT2D eigenvalue weighted by atomic mass is 32.1. The van der Waals surface area contributed by atoms with Crippen molar-refractivity contribution in [1.82, 2.24) is 9.55 Å². The number of fused-ring (bicyclic) bond motifs is 1. The van der Waals surface area contributed by atoms with Gasteiger partial charge >= 0.3 is 11.8 Å². The molecule has 21 heavy (non-hydrogen) atoms. The van der Waals surface area contributed by atoms with Gasteiger partial charge in [0.2, 0.25) is 6.33 Å². The molecule has 0 bridgehead atoms. The summed E-state index contributed by atoms with van der Waals surface area (Å²) in [6, 6.07) is 7.38. The maximum absolute atomic E-state index is 11.4. The molecule has 3 aromatic rings. The van der Waals surface area contributed by atoms with Crippen molar-refractivity contribution in [1.29, 1.82) is 0 Å². The normalized spacial score (nSPS) is 10.9. The fourth-order valence-corrected chi connectivity index (χ4v) is 3.19. The molecule has 3 rings (SSSR count). The van der Waals surface area contributed by atoms with E-state index in [2.05, 4.69) is 4.98 Å². The van der Waals surface area contributed by atoms with Gasteiger partial charge in [-0.25, -0.2) is 4.79 Å². The Morgan fingerprint density at radius 2 is 2.19 bits per heavy atom. The zero-order valence-corrected chi connectivity index (χ0v) is 11.4. The van der Waals surface area contributed by atoms with Crippen LogP contribution in [0.4, 0.5) is 5.82 Å². The Labute approximate surface area is 122 Å². The third-order valence-electron chi connectivity index (χ3n) is 3.04. The first-order chi connectivity index (χ1) is 10.1. The van der Waals surface area contributed by atoms with Crippen molar-refractivity contribution in [2.45, 2.75) is 6.54 Å². The maximum Gasteiger partial charge on any atom is 0.381 e. The second-order valence-corrected chi connectivity index (χ2v) is 5.42. The molecule has 0 atom stereocenters. The first kappa shape index (κ1) is 13.3. The van der Waals surface area contributed by atoms with Crippen LogP contribution in [-0.2, 0) is 6.54 Å². The van der Waals surface area contributed by atoms with E-state index in [0.29, 0.717) is 5.56 Å². The van der Waals surface area contributed by atoms with E-state index in [9.17, 15) is 20.0 Å². The smallest absolute Gasteiger partial charge is 0.381 e. The van der Waals surface area contributed by atoms with Crippen molar-refractivity contribution in [2.75, 3.05) is 0 Å². The van der Waals surface area contributed by atoms with Gasteiger partial charge in [-0.15, -0.1) is 11.3 Å². The summed E-state index contributed by atoms with van der Waals surface area (Å²) in [6.07, 6.45) is 2.62. The van der Waals surface area contributed by atoms with Crippen molar-refractivity contribution in [3.8, 4) is 0 Å². The zero-order chi connectivity index (χ0) is 15.0. The minimum atomic E-state index is -0.999. The van der Waals surface area contributed by atoms with Crippen LogP contribution in [0.2, 0.25) is 0 Å². The second kappa shape index (κ2) is 4.98. The number of aromatic carboxylic acids is 1. The molecule has 2 aromatic heterocycles. The van der Waals surface area contributed by atoms with E-state index in [-0.39, 0.29) is 17.2 Å². The number of carboxylic acid groups (broad SMARTS) is 1. The van der Waals surface area contributed by atoms with Gasteiger partial charge in [0.1, 0.15) is 11.1 Å². The Kier molecular flexibility index (Phi) is 3.15. The Morgan fingerprint density at radius 1 is 1.43 bits per heavy atom. The molecular weight excluding hydrogens is 294 g/mol. The molecule has 1 N–H and O–H groups in total. The minimum absolute atomic E-state index is 0.229. The highest BCUT2D eigenvalue weighted by Crippen LogP contribution is 2.32. The van der Waals surface area contributed by atoms with Gasteiger partial charge in [-0.3, -0.25) is 0 Å². The molecule has 0 amide bonds. The number of thiophene rings is 1. The molecule has 2 heterocycles. The lowest BCUT2D eigenvalue weighted by Gasteiger charge is -2.01. The molecule has 0 radical (unpaired) electrons. The van der Waals surface area contributed by atoms with Crippen LogP contribution in [0.1, 0.15) is 15.2 Å². The molecule has 0 aliphatic heterocycles. The summed E-state index contributed by atoms with van der Waals surface area (Å²) in [5, 5.41) is 20.8. The predicted octanol–water partition coefficient (Wildman–Crippen LogP) is 2.75. The third-order valence-corrected chi connectivity index (χ3v) is 4.24. The van der Waals surface area contributed by atoms with Crippen LogP contribution in [-0.4, -0.2) is 25.6 Å². The van der Waals surface area contributed by atoms with E-state index in [1.807, 2.05) is 24.3 Å². The average molecular weight is 303 g/mol. The molecule has 0 saturated heterocycles. The van der Waals surface area contributed by atoms with E-state index in [1.54, 1.807) is 0 Å².